The number of rotatable bonds is 7. The number of carbonyl (C=O) groups is 1. The van der Waals surface area contributed by atoms with E-state index in [0.29, 0.717) is 13.0 Å². The third kappa shape index (κ3) is 5.48. The summed E-state index contributed by atoms with van der Waals surface area (Å²) < 4.78 is 9.97. The van der Waals surface area contributed by atoms with Crippen LogP contribution < -0.4 is 0 Å². The predicted octanol–water partition coefficient (Wildman–Crippen LogP) is 1.13. The maximum atomic E-state index is 11.2. The van der Waals surface area contributed by atoms with Gasteiger partial charge in [0.2, 0.25) is 0 Å². The fraction of sp³-hybridized carbons (Fsp3) is 0.417. The Balaban J connectivity index is 2.11. The molecule has 4 heteroatoms. The van der Waals surface area contributed by atoms with Gasteiger partial charge in [-0.1, -0.05) is 30.3 Å². The summed E-state index contributed by atoms with van der Waals surface area (Å²) in [6.07, 6.45) is 0.534. The van der Waals surface area contributed by atoms with Crippen molar-refractivity contribution in [2.24, 2.45) is 0 Å². The maximum Gasteiger partial charge on any atom is 0.332 e. The number of ether oxygens (including phenoxy) is 2. The number of aliphatic hydroxyl groups is 1. The minimum atomic E-state index is -0.387. The molecule has 0 radical (unpaired) electrons. The Morgan fingerprint density at radius 3 is 2.69 bits per heavy atom. The Hall–Kier alpha value is -1.39. The molecule has 0 aliphatic carbocycles. The Morgan fingerprint density at radius 1 is 1.25 bits per heavy atom. The van der Waals surface area contributed by atoms with Gasteiger partial charge in [0.05, 0.1) is 0 Å². The van der Waals surface area contributed by atoms with E-state index in [0.717, 1.165) is 5.56 Å². The standard InChI is InChI=1S/C12H16O4/c13-7-4-8-15-10-12(14)16-9-11-5-2-1-3-6-11/h1-3,5-6,13H,4,7-10H2. The lowest BCUT2D eigenvalue weighted by atomic mass is 10.2. The van der Waals surface area contributed by atoms with Crippen molar-refractivity contribution in [3.8, 4) is 0 Å². The summed E-state index contributed by atoms with van der Waals surface area (Å²) >= 11 is 0. The van der Waals surface area contributed by atoms with Gasteiger partial charge in [0.25, 0.3) is 0 Å². The molecular weight excluding hydrogens is 208 g/mol. The van der Waals surface area contributed by atoms with Crippen LogP contribution in [-0.2, 0) is 20.9 Å². The molecule has 0 bridgehead atoms. The van der Waals surface area contributed by atoms with Crippen LogP contribution in [0.25, 0.3) is 0 Å². The molecule has 0 unspecified atom stereocenters. The van der Waals surface area contributed by atoms with Crippen molar-refractivity contribution >= 4 is 5.97 Å². The van der Waals surface area contributed by atoms with Crippen molar-refractivity contribution in [2.45, 2.75) is 13.0 Å². The van der Waals surface area contributed by atoms with Crippen LogP contribution in [0.15, 0.2) is 30.3 Å². The third-order valence-corrected chi connectivity index (χ3v) is 1.91. The van der Waals surface area contributed by atoms with E-state index in [1.165, 1.54) is 0 Å². The molecule has 0 amide bonds. The zero-order valence-electron chi connectivity index (χ0n) is 9.09. The van der Waals surface area contributed by atoms with E-state index >= 15 is 0 Å². The van der Waals surface area contributed by atoms with Gasteiger partial charge in [0, 0.05) is 13.2 Å². The quantitative estimate of drug-likeness (QED) is 0.557. The largest absolute Gasteiger partial charge is 0.459 e. The molecule has 0 spiro atoms. The predicted molar refractivity (Wildman–Crippen MR) is 58.8 cm³/mol. The summed E-state index contributed by atoms with van der Waals surface area (Å²) in [5.74, 6) is -0.387. The fourth-order valence-corrected chi connectivity index (χ4v) is 1.10. The molecule has 4 nitrogen and oxygen atoms in total. The monoisotopic (exact) mass is 224 g/mol. The Labute approximate surface area is 94.8 Å². The topological polar surface area (TPSA) is 55.8 Å². The average molecular weight is 224 g/mol. The van der Waals surface area contributed by atoms with Gasteiger partial charge in [-0.3, -0.25) is 0 Å². The molecule has 16 heavy (non-hydrogen) atoms. The molecule has 1 aromatic rings. The molecule has 0 aromatic heterocycles. The van der Waals surface area contributed by atoms with Crippen LogP contribution in [0.3, 0.4) is 0 Å². The Morgan fingerprint density at radius 2 is 2.00 bits per heavy atom. The van der Waals surface area contributed by atoms with Crippen molar-refractivity contribution in [1.82, 2.24) is 0 Å². The zero-order chi connectivity index (χ0) is 11.6. The molecule has 0 atom stereocenters. The highest BCUT2D eigenvalue weighted by Gasteiger charge is 2.02. The van der Waals surface area contributed by atoms with Crippen molar-refractivity contribution in [3.05, 3.63) is 35.9 Å². The summed E-state index contributed by atoms with van der Waals surface area (Å²) in [4.78, 5) is 11.2. The molecule has 1 aromatic carbocycles. The number of benzene rings is 1. The first kappa shape index (κ1) is 12.7. The highest BCUT2D eigenvalue weighted by molar-refractivity contribution is 5.70. The highest BCUT2D eigenvalue weighted by atomic mass is 16.6. The summed E-state index contributed by atoms with van der Waals surface area (Å²) in [5, 5.41) is 8.49. The third-order valence-electron chi connectivity index (χ3n) is 1.91. The number of hydrogen-bond donors (Lipinski definition) is 1. The SMILES string of the molecule is O=C(COCCCO)OCc1ccccc1. The van der Waals surface area contributed by atoms with Gasteiger partial charge in [-0.05, 0) is 12.0 Å². The molecule has 0 fully saturated rings. The Kier molecular flexibility index (Phi) is 6.22. The van der Waals surface area contributed by atoms with Gasteiger partial charge in [-0.25, -0.2) is 4.79 Å². The molecule has 88 valence electrons. The number of carbonyl (C=O) groups excluding carboxylic acids is 1. The van der Waals surface area contributed by atoms with E-state index < -0.39 is 0 Å². The maximum absolute atomic E-state index is 11.2. The molecule has 0 heterocycles. The highest BCUT2D eigenvalue weighted by Crippen LogP contribution is 2.00. The van der Waals surface area contributed by atoms with E-state index in [1.54, 1.807) is 0 Å². The number of aliphatic hydroxyl groups excluding tert-OH is 1. The van der Waals surface area contributed by atoms with Crippen LogP contribution in [0.5, 0.6) is 0 Å². The second kappa shape index (κ2) is 7.84. The molecule has 0 saturated heterocycles. The van der Waals surface area contributed by atoms with Gasteiger partial charge >= 0.3 is 5.97 Å². The fourth-order valence-electron chi connectivity index (χ4n) is 1.10. The smallest absolute Gasteiger partial charge is 0.332 e. The van der Waals surface area contributed by atoms with E-state index in [4.69, 9.17) is 14.6 Å². The second-order valence-corrected chi connectivity index (χ2v) is 3.28. The van der Waals surface area contributed by atoms with E-state index in [-0.39, 0.29) is 25.8 Å². The molecule has 0 aliphatic rings. The first-order valence-corrected chi connectivity index (χ1v) is 5.21. The van der Waals surface area contributed by atoms with Gasteiger partial charge in [-0.2, -0.15) is 0 Å². The lowest BCUT2D eigenvalue weighted by Crippen LogP contribution is -2.13. The lowest BCUT2D eigenvalue weighted by molar-refractivity contribution is -0.150. The molecule has 1 N–H and O–H groups in total. The first-order chi connectivity index (χ1) is 7.83. The van der Waals surface area contributed by atoms with Crippen molar-refractivity contribution in [2.75, 3.05) is 19.8 Å². The van der Waals surface area contributed by atoms with Crippen LogP contribution in [0, 0.1) is 0 Å². The minimum Gasteiger partial charge on any atom is -0.459 e. The minimum absolute atomic E-state index is 0.0627. The van der Waals surface area contributed by atoms with Gasteiger partial charge in [-0.15, -0.1) is 0 Å². The van der Waals surface area contributed by atoms with E-state index in [9.17, 15) is 4.79 Å². The molecule has 1 rings (SSSR count). The van der Waals surface area contributed by atoms with Crippen LogP contribution in [0.1, 0.15) is 12.0 Å². The normalized spacial score (nSPS) is 10.1. The van der Waals surface area contributed by atoms with E-state index in [1.807, 2.05) is 30.3 Å². The number of esters is 1. The zero-order valence-corrected chi connectivity index (χ0v) is 9.09. The van der Waals surface area contributed by atoms with Gasteiger partial charge in [0.1, 0.15) is 13.2 Å². The summed E-state index contributed by atoms with van der Waals surface area (Å²) in [6, 6.07) is 9.46. The summed E-state index contributed by atoms with van der Waals surface area (Å²) in [5.41, 5.74) is 0.950. The van der Waals surface area contributed by atoms with Crippen LogP contribution >= 0.6 is 0 Å². The summed E-state index contributed by atoms with van der Waals surface area (Å²) in [6.45, 7) is 0.645. The van der Waals surface area contributed by atoms with Crippen molar-refractivity contribution in [3.63, 3.8) is 0 Å². The van der Waals surface area contributed by atoms with Crippen LogP contribution in [0.4, 0.5) is 0 Å². The van der Waals surface area contributed by atoms with Crippen LogP contribution in [-0.4, -0.2) is 30.9 Å². The second-order valence-electron chi connectivity index (χ2n) is 3.28. The van der Waals surface area contributed by atoms with Crippen LogP contribution in [0.2, 0.25) is 0 Å². The first-order valence-electron chi connectivity index (χ1n) is 5.21. The van der Waals surface area contributed by atoms with Crippen molar-refractivity contribution < 1.29 is 19.4 Å². The average Bonchev–Trinajstić information content (AvgIpc) is 2.33. The van der Waals surface area contributed by atoms with Crippen molar-refractivity contribution in [1.29, 1.82) is 0 Å². The number of hydrogen-bond acceptors (Lipinski definition) is 4. The summed E-state index contributed by atoms with van der Waals surface area (Å²) in [7, 11) is 0. The van der Waals surface area contributed by atoms with Gasteiger partial charge < -0.3 is 14.6 Å². The molecular formula is C12H16O4. The molecule has 0 aliphatic heterocycles. The lowest BCUT2D eigenvalue weighted by Gasteiger charge is -2.05. The van der Waals surface area contributed by atoms with Gasteiger partial charge in [0.15, 0.2) is 0 Å². The Bertz CT molecular complexity index is 297. The molecule has 0 saturated carbocycles. The van der Waals surface area contributed by atoms with E-state index in [2.05, 4.69) is 0 Å².